The Labute approximate surface area is 159 Å². The summed E-state index contributed by atoms with van der Waals surface area (Å²) in [6.07, 6.45) is 1.000. The van der Waals surface area contributed by atoms with Crippen molar-refractivity contribution < 1.29 is 37.0 Å². The van der Waals surface area contributed by atoms with Gasteiger partial charge < -0.3 is 20.0 Å². The van der Waals surface area contributed by atoms with E-state index < -0.39 is 39.6 Å². The lowest BCUT2D eigenvalue weighted by atomic mass is 10.0. The molecule has 0 aliphatic carbocycles. The lowest BCUT2D eigenvalue weighted by Gasteiger charge is -2.17. The summed E-state index contributed by atoms with van der Waals surface area (Å²) in [7, 11) is -4.99. The molecule has 3 aliphatic rings. The van der Waals surface area contributed by atoms with Crippen molar-refractivity contribution in [3.05, 3.63) is 0 Å². The van der Waals surface area contributed by atoms with Crippen molar-refractivity contribution in [3.63, 3.8) is 0 Å². The number of hydrogen-bond acceptors (Lipinski definition) is 9. The van der Waals surface area contributed by atoms with Crippen molar-refractivity contribution in [1.82, 2.24) is 15.7 Å². The third-order valence-electron chi connectivity index (χ3n) is 4.66. The number of carbonyl (C=O) groups excluding carboxylic acids is 4. The molecule has 2 unspecified atom stereocenters. The van der Waals surface area contributed by atoms with Crippen LogP contribution >= 0.6 is 11.8 Å². The Bertz CT molecular complexity index is 770. The number of carbonyl (C=O) groups is 4. The number of nitrogens with one attached hydrogen (secondary N) is 2. The van der Waals surface area contributed by atoms with Crippen molar-refractivity contribution in [2.75, 3.05) is 5.75 Å². The number of imide groups is 1. The maximum atomic E-state index is 11.8. The van der Waals surface area contributed by atoms with Gasteiger partial charge in [-0.1, -0.05) is 6.42 Å². The molecule has 2 N–H and O–H groups in total. The molecule has 0 aromatic carbocycles. The van der Waals surface area contributed by atoms with Gasteiger partial charge in [-0.3, -0.25) is 9.59 Å². The zero-order chi connectivity index (χ0) is 19.8. The predicted octanol–water partition coefficient (Wildman–Crippen LogP) is -1.16. The van der Waals surface area contributed by atoms with E-state index in [9.17, 15) is 32.1 Å². The molecule has 4 amide bonds. The maximum absolute atomic E-state index is 11.8. The molecule has 150 valence electrons. The van der Waals surface area contributed by atoms with Gasteiger partial charge in [0.15, 0.2) is 0 Å². The fraction of sp³-hybridized carbons (Fsp3) is 0.714. The summed E-state index contributed by atoms with van der Waals surface area (Å²) in [6, 6.07) is 0.0207. The van der Waals surface area contributed by atoms with E-state index in [4.69, 9.17) is 0 Å². The first-order valence-electron chi connectivity index (χ1n) is 8.38. The van der Waals surface area contributed by atoms with Gasteiger partial charge in [-0.25, -0.2) is 18.0 Å². The highest BCUT2D eigenvalue weighted by Crippen LogP contribution is 2.33. The number of rotatable bonds is 7. The lowest BCUT2D eigenvalue weighted by molar-refractivity contribution is -0.197. The van der Waals surface area contributed by atoms with Gasteiger partial charge in [0, 0.05) is 17.4 Å². The molecule has 0 aromatic rings. The number of hydrogen-bond donors (Lipinski definition) is 2. The van der Waals surface area contributed by atoms with Gasteiger partial charge in [0.25, 0.3) is 11.8 Å². The van der Waals surface area contributed by atoms with Crippen LogP contribution < -0.4 is 10.6 Å². The minimum Gasteiger partial charge on any atom is -0.747 e. The van der Waals surface area contributed by atoms with Crippen molar-refractivity contribution in [1.29, 1.82) is 0 Å². The molecule has 3 rings (SSSR count). The van der Waals surface area contributed by atoms with Gasteiger partial charge in [0.2, 0.25) is 0 Å². The smallest absolute Gasteiger partial charge is 0.333 e. The van der Waals surface area contributed by atoms with E-state index in [0.29, 0.717) is 12.8 Å². The molecule has 11 nitrogen and oxygen atoms in total. The Morgan fingerprint density at radius 3 is 2.67 bits per heavy atom. The first-order chi connectivity index (χ1) is 12.7. The van der Waals surface area contributed by atoms with Gasteiger partial charge in [0.1, 0.15) is 15.4 Å². The molecule has 4 atom stereocenters. The Balaban J connectivity index is 1.40. The molecular formula is C14H18N3O8S2-. The summed E-state index contributed by atoms with van der Waals surface area (Å²) in [4.78, 5) is 51.1. The number of amides is 4. The average molecular weight is 420 g/mol. The fourth-order valence-corrected chi connectivity index (χ4v) is 5.54. The Kier molecular flexibility index (Phi) is 5.63. The largest absolute Gasteiger partial charge is 0.747 e. The molecule has 3 fully saturated rings. The molecule has 0 spiro atoms. The van der Waals surface area contributed by atoms with Crippen molar-refractivity contribution >= 4 is 45.7 Å². The van der Waals surface area contributed by atoms with Crippen LogP contribution in [0.1, 0.15) is 32.1 Å². The minimum absolute atomic E-state index is 0.0675. The highest BCUT2D eigenvalue weighted by Gasteiger charge is 2.45. The number of unbranched alkanes of at least 4 members (excludes halogenated alkanes) is 1. The first kappa shape index (κ1) is 19.9. The van der Waals surface area contributed by atoms with E-state index in [0.717, 1.165) is 12.2 Å². The van der Waals surface area contributed by atoms with Crippen LogP contribution in [-0.4, -0.2) is 70.2 Å². The molecule has 3 aliphatic heterocycles. The monoisotopic (exact) mass is 420 g/mol. The zero-order valence-electron chi connectivity index (χ0n) is 14.1. The molecule has 13 heteroatoms. The summed E-state index contributed by atoms with van der Waals surface area (Å²) in [5, 5.41) is 3.98. The Morgan fingerprint density at radius 2 is 2.00 bits per heavy atom. The first-order valence-corrected chi connectivity index (χ1v) is 10.9. The molecule has 0 saturated carbocycles. The van der Waals surface area contributed by atoms with Crippen molar-refractivity contribution in [3.8, 4) is 0 Å². The van der Waals surface area contributed by atoms with Crippen LogP contribution in [0.3, 0.4) is 0 Å². The molecule has 3 heterocycles. The fourth-order valence-electron chi connectivity index (χ4n) is 3.31. The summed E-state index contributed by atoms with van der Waals surface area (Å²) in [5.74, 6) is -2.38. The van der Waals surface area contributed by atoms with Gasteiger partial charge in [-0.05, 0) is 12.8 Å². The Hall–Kier alpha value is -1.86. The number of nitrogens with zero attached hydrogens (tertiary/aromatic N) is 1. The van der Waals surface area contributed by atoms with Crippen molar-refractivity contribution in [2.45, 2.75) is 54.7 Å². The third-order valence-corrected chi connectivity index (χ3v) is 7.24. The second-order valence-corrected chi connectivity index (χ2v) is 9.37. The maximum Gasteiger partial charge on any atom is 0.333 e. The normalized spacial score (nSPS) is 30.3. The Morgan fingerprint density at radius 1 is 1.26 bits per heavy atom. The average Bonchev–Trinajstić information content (AvgIpc) is 3.19. The zero-order valence-corrected chi connectivity index (χ0v) is 15.7. The summed E-state index contributed by atoms with van der Waals surface area (Å²) in [6.45, 7) is 0. The van der Waals surface area contributed by atoms with E-state index >= 15 is 0 Å². The SMILES string of the molecule is O=C1N[C@H]2CSC(CCCCC(=O)ON3C(=O)CC(S(=O)(=O)[O-])C3=O)[C@H]2N1. The van der Waals surface area contributed by atoms with E-state index in [1.807, 2.05) is 0 Å². The molecule has 0 aromatic heterocycles. The number of fused-ring (bicyclic) bond motifs is 1. The van der Waals surface area contributed by atoms with Crippen LogP contribution in [0, 0.1) is 0 Å². The van der Waals surface area contributed by atoms with Crippen LogP contribution in [0.15, 0.2) is 0 Å². The van der Waals surface area contributed by atoms with Crippen molar-refractivity contribution in [2.24, 2.45) is 0 Å². The second-order valence-electron chi connectivity index (χ2n) is 6.54. The van der Waals surface area contributed by atoms with E-state index in [1.54, 1.807) is 11.8 Å². The minimum atomic E-state index is -4.99. The number of hydroxylamine groups is 2. The number of urea groups is 1. The standard InChI is InChI=1S/C14H19N3O8S2/c18-10-5-9(27(22,23)24)13(20)17(10)25-11(19)4-2-1-3-8-12-7(6-26-8)15-14(21)16-12/h7-9,12H,1-6H2,(H2,15,16,21)(H,22,23,24)/p-1/t7-,8?,9?,12-/m0/s1. The van der Waals surface area contributed by atoms with Crippen LogP contribution in [-0.2, 0) is 29.3 Å². The van der Waals surface area contributed by atoms with E-state index in [1.165, 1.54) is 0 Å². The number of thioether (sulfide) groups is 1. The van der Waals surface area contributed by atoms with Crippen LogP contribution in [0.5, 0.6) is 0 Å². The van der Waals surface area contributed by atoms with Gasteiger partial charge in [-0.2, -0.15) is 11.8 Å². The molecular weight excluding hydrogens is 402 g/mol. The predicted molar refractivity (Wildman–Crippen MR) is 90.0 cm³/mol. The van der Waals surface area contributed by atoms with Crippen LogP contribution in [0.25, 0.3) is 0 Å². The highest BCUT2D eigenvalue weighted by molar-refractivity contribution is 8.00. The third kappa shape index (κ3) is 4.35. The van der Waals surface area contributed by atoms with E-state index in [2.05, 4.69) is 15.5 Å². The van der Waals surface area contributed by atoms with E-state index in [-0.39, 0.29) is 34.8 Å². The van der Waals surface area contributed by atoms with Gasteiger partial charge >= 0.3 is 12.0 Å². The van der Waals surface area contributed by atoms with Gasteiger partial charge in [0.05, 0.1) is 18.5 Å². The molecule has 27 heavy (non-hydrogen) atoms. The van der Waals surface area contributed by atoms with Gasteiger partial charge in [-0.15, -0.1) is 5.06 Å². The summed E-state index contributed by atoms with van der Waals surface area (Å²) >= 11 is 1.75. The molecule has 3 saturated heterocycles. The topological polar surface area (TPSA) is 162 Å². The lowest BCUT2D eigenvalue weighted by Crippen LogP contribution is -2.37. The molecule has 0 bridgehead atoms. The second kappa shape index (κ2) is 7.64. The quantitative estimate of drug-likeness (QED) is 0.224. The van der Waals surface area contributed by atoms with Crippen LogP contribution in [0.4, 0.5) is 4.79 Å². The summed E-state index contributed by atoms with van der Waals surface area (Å²) in [5.41, 5.74) is 0. The highest BCUT2D eigenvalue weighted by atomic mass is 32.2. The van der Waals surface area contributed by atoms with Crippen LogP contribution in [0.2, 0.25) is 0 Å². The molecule has 0 radical (unpaired) electrons. The summed E-state index contributed by atoms with van der Waals surface area (Å²) < 4.78 is 32.8.